The molecule has 1 aromatic rings. The zero-order valence-corrected chi connectivity index (χ0v) is 13.1. The van der Waals surface area contributed by atoms with Crippen molar-refractivity contribution < 1.29 is 19.1 Å². The van der Waals surface area contributed by atoms with Crippen LogP contribution in [0.15, 0.2) is 24.3 Å². The van der Waals surface area contributed by atoms with Gasteiger partial charge in [0, 0.05) is 13.1 Å². The summed E-state index contributed by atoms with van der Waals surface area (Å²) in [5, 5.41) is 9.24. The molecule has 124 valence electrons. The van der Waals surface area contributed by atoms with Crippen LogP contribution in [-0.4, -0.2) is 35.0 Å². The maximum atomic E-state index is 13.2. The van der Waals surface area contributed by atoms with Crippen LogP contribution in [0.3, 0.4) is 0 Å². The molecule has 0 spiro atoms. The molecule has 0 bridgehead atoms. The molecule has 2 fully saturated rings. The van der Waals surface area contributed by atoms with Gasteiger partial charge in [0.05, 0.1) is 11.3 Å². The molecule has 4 nitrogen and oxygen atoms in total. The summed E-state index contributed by atoms with van der Waals surface area (Å²) in [7, 11) is 0. The van der Waals surface area contributed by atoms with E-state index in [0.717, 1.165) is 37.7 Å². The van der Waals surface area contributed by atoms with E-state index in [1.165, 1.54) is 12.1 Å². The van der Waals surface area contributed by atoms with Crippen LogP contribution >= 0.6 is 0 Å². The SMILES string of the molecule is O=C(O)C1CCCN(C(=O)C2(c3ccc(F)cc3)CCCC2)C1. The zero-order chi connectivity index (χ0) is 16.4. The van der Waals surface area contributed by atoms with Crippen LogP contribution in [-0.2, 0) is 15.0 Å². The molecule has 1 heterocycles. The molecule has 1 saturated carbocycles. The van der Waals surface area contributed by atoms with Gasteiger partial charge in [-0.3, -0.25) is 9.59 Å². The maximum Gasteiger partial charge on any atom is 0.308 e. The third-order valence-electron chi connectivity index (χ3n) is 5.32. The molecule has 0 aromatic heterocycles. The van der Waals surface area contributed by atoms with Crippen molar-refractivity contribution in [3.05, 3.63) is 35.6 Å². The van der Waals surface area contributed by atoms with Crippen LogP contribution in [0.2, 0.25) is 0 Å². The maximum absolute atomic E-state index is 13.2. The summed E-state index contributed by atoms with van der Waals surface area (Å²) in [5.41, 5.74) is 0.257. The summed E-state index contributed by atoms with van der Waals surface area (Å²) in [6.07, 6.45) is 4.81. The third kappa shape index (κ3) is 2.96. The quantitative estimate of drug-likeness (QED) is 0.932. The van der Waals surface area contributed by atoms with Gasteiger partial charge in [0.25, 0.3) is 0 Å². The van der Waals surface area contributed by atoms with Crippen LogP contribution in [0.25, 0.3) is 0 Å². The molecule has 1 amide bonds. The highest BCUT2D eigenvalue weighted by atomic mass is 19.1. The van der Waals surface area contributed by atoms with Crippen LogP contribution in [0.1, 0.15) is 44.1 Å². The van der Waals surface area contributed by atoms with E-state index in [4.69, 9.17) is 0 Å². The van der Waals surface area contributed by atoms with Crippen molar-refractivity contribution in [1.29, 1.82) is 0 Å². The average Bonchev–Trinajstić information content (AvgIpc) is 3.06. The predicted octanol–water partition coefficient (Wildman–Crippen LogP) is 2.96. The first kappa shape index (κ1) is 16.0. The number of benzene rings is 1. The fourth-order valence-corrected chi connectivity index (χ4v) is 4.04. The Morgan fingerprint density at radius 3 is 2.39 bits per heavy atom. The Kier molecular flexibility index (Phi) is 4.37. The van der Waals surface area contributed by atoms with Crippen LogP contribution < -0.4 is 0 Å². The normalized spacial score (nSPS) is 23.7. The Bertz CT molecular complexity index is 593. The van der Waals surface area contributed by atoms with E-state index < -0.39 is 17.3 Å². The van der Waals surface area contributed by atoms with Gasteiger partial charge in [-0.05, 0) is 43.4 Å². The van der Waals surface area contributed by atoms with E-state index in [1.807, 2.05) is 0 Å². The first-order valence-electron chi connectivity index (χ1n) is 8.31. The standard InChI is InChI=1S/C18H22FNO3/c19-15-7-5-14(6-8-15)18(9-1-2-10-18)17(23)20-11-3-4-13(12-20)16(21)22/h5-8,13H,1-4,9-12H2,(H,21,22). The number of amides is 1. The fraction of sp³-hybridized carbons (Fsp3) is 0.556. The highest BCUT2D eigenvalue weighted by Crippen LogP contribution is 2.43. The number of likely N-dealkylation sites (tertiary alicyclic amines) is 1. The minimum Gasteiger partial charge on any atom is -0.481 e. The largest absolute Gasteiger partial charge is 0.481 e. The average molecular weight is 319 g/mol. The topological polar surface area (TPSA) is 57.6 Å². The molecular weight excluding hydrogens is 297 g/mol. The number of carbonyl (C=O) groups is 2. The zero-order valence-electron chi connectivity index (χ0n) is 13.1. The second-order valence-corrected chi connectivity index (χ2v) is 6.72. The number of carboxylic acids is 1. The second-order valence-electron chi connectivity index (χ2n) is 6.72. The van der Waals surface area contributed by atoms with E-state index in [0.29, 0.717) is 13.0 Å². The molecule has 1 N–H and O–H groups in total. The number of carboxylic acid groups (broad SMARTS) is 1. The monoisotopic (exact) mass is 319 g/mol. The fourth-order valence-electron chi connectivity index (χ4n) is 4.04. The summed E-state index contributed by atoms with van der Waals surface area (Å²) in [6, 6.07) is 6.21. The molecule has 1 aliphatic heterocycles. The smallest absolute Gasteiger partial charge is 0.308 e. The lowest BCUT2D eigenvalue weighted by molar-refractivity contribution is -0.147. The van der Waals surface area contributed by atoms with E-state index in [1.54, 1.807) is 17.0 Å². The number of halogens is 1. The first-order chi connectivity index (χ1) is 11.0. The van der Waals surface area contributed by atoms with Crippen molar-refractivity contribution in [2.75, 3.05) is 13.1 Å². The van der Waals surface area contributed by atoms with Gasteiger partial charge < -0.3 is 10.0 Å². The Morgan fingerprint density at radius 1 is 1.13 bits per heavy atom. The minimum atomic E-state index is -0.829. The van der Waals surface area contributed by atoms with Gasteiger partial charge in [-0.25, -0.2) is 4.39 Å². The summed E-state index contributed by atoms with van der Waals surface area (Å²) in [5.74, 6) is -1.59. The molecule has 3 rings (SSSR count). The molecule has 23 heavy (non-hydrogen) atoms. The Balaban J connectivity index is 1.87. The van der Waals surface area contributed by atoms with Crippen LogP contribution in [0, 0.1) is 11.7 Å². The molecule has 1 aromatic carbocycles. The Morgan fingerprint density at radius 2 is 1.78 bits per heavy atom. The molecule has 0 radical (unpaired) electrons. The number of aliphatic carboxylic acids is 1. The van der Waals surface area contributed by atoms with E-state index >= 15 is 0 Å². The number of rotatable bonds is 3. The summed E-state index contributed by atoms with van der Waals surface area (Å²) < 4.78 is 13.2. The Hall–Kier alpha value is -1.91. The van der Waals surface area contributed by atoms with Crippen molar-refractivity contribution >= 4 is 11.9 Å². The molecule has 1 atom stereocenters. The molecule has 1 aliphatic carbocycles. The summed E-state index contributed by atoms with van der Waals surface area (Å²) in [4.78, 5) is 26.2. The van der Waals surface area contributed by atoms with Crippen molar-refractivity contribution in [1.82, 2.24) is 4.90 Å². The van der Waals surface area contributed by atoms with Gasteiger partial charge in [-0.2, -0.15) is 0 Å². The van der Waals surface area contributed by atoms with Gasteiger partial charge >= 0.3 is 5.97 Å². The molecular formula is C18H22FNO3. The van der Waals surface area contributed by atoms with E-state index in [9.17, 15) is 19.1 Å². The lowest BCUT2D eigenvalue weighted by atomic mass is 9.77. The van der Waals surface area contributed by atoms with Crippen molar-refractivity contribution in [2.24, 2.45) is 5.92 Å². The summed E-state index contributed by atoms with van der Waals surface area (Å²) >= 11 is 0. The highest BCUT2D eigenvalue weighted by Gasteiger charge is 2.46. The molecule has 1 unspecified atom stereocenters. The number of carbonyl (C=O) groups excluding carboxylic acids is 1. The lowest BCUT2D eigenvalue weighted by Crippen LogP contribution is -2.50. The van der Waals surface area contributed by atoms with Crippen LogP contribution in [0.4, 0.5) is 4.39 Å². The molecule has 1 saturated heterocycles. The number of nitrogens with zero attached hydrogens (tertiary/aromatic N) is 1. The number of piperidine rings is 1. The third-order valence-corrected chi connectivity index (χ3v) is 5.32. The van der Waals surface area contributed by atoms with Gasteiger partial charge in [0.1, 0.15) is 5.82 Å². The predicted molar refractivity (Wildman–Crippen MR) is 83.5 cm³/mol. The van der Waals surface area contributed by atoms with Crippen molar-refractivity contribution in [2.45, 2.75) is 43.9 Å². The Labute approximate surface area is 135 Å². The lowest BCUT2D eigenvalue weighted by Gasteiger charge is -2.38. The van der Waals surface area contributed by atoms with Crippen LogP contribution in [0.5, 0.6) is 0 Å². The first-order valence-corrected chi connectivity index (χ1v) is 8.31. The molecule has 2 aliphatic rings. The number of hydrogen-bond acceptors (Lipinski definition) is 2. The second kappa shape index (κ2) is 6.30. The van der Waals surface area contributed by atoms with Crippen molar-refractivity contribution in [3.63, 3.8) is 0 Å². The van der Waals surface area contributed by atoms with E-state index in [-0.39, 0.29) is 18.3 Å². The molecule has 5 heteroatoms. The van der Waals surface area contributed by atoms with Gasteiger partial charge in [-0.1, -0.05) is 25.0 Å². The van der Waals surface area contributed by atoms with Gasteiger partial charge in [0.15, 0.2) is 0 Å². The summed E-state index contributed by atoms with van der Waals surface area (Å²) in [6.45, 7) is 0.905. The number of hydrogen-bond donors (Lipinski definition) is 1. The van der Waals surface area contributed by atoms with E-state index in [2.05, 4.69) is 0 Å². The van der Waals surface area contributed by atoms with Crippen molar-refractivity contribution in [3.8, 4) is 0 Å². The van der Waals surface area contributed by atoms with Gasteiger partial charge in [-0.15, -0.1) is 0 Å². The highest BCUT2D eigenvalue weighted by molar-refractivity contribution is 5.89. The van der Waals surface area contributed by atoms with Gasteiger partial charge in [0.2, 0.25) is 5.91 Å². The minimum absolute atomic E-state index is 0.0209.